The van der Waals surface area contributed by atoms with Crippen molar-refractivity contribution in [3.05, 3.63) is 0 Å². The van der Waals surface area contributed by atoms with Gasteiger partial charge in [0.25, 0.3) is 0 Å². The molecule has 1 N–H and O–H groups in total. The normalized spacial score (nSPS) is 36.6. The molecule has 2 saturated heterocycles. The minimum Gasteiger partial charge on any atom is -0.314 e. The minimum absolute atomic E-state index is 0.580. The molecular formula is C18H34N2S. The topological polar surface area (TPSA) is 15.3 Å². The van der Waals surface area contributed by atoms with Crippen LogP contribution in [0.2, 0.25) is 0 Å². The van der Waals surface area contributed by atoms with Gasteiger partial charge in [-0.05, 0) is 51.3 Å². The molecule has 122 valence electrons. The van der Waals surface area contributed by atoms with Gasteiger partial charge in [-0.1, -0.05) is 32.6 Å². The Morgan fingerprint density at radius 2 is 1.71 bits per heavy atom. The monoisotopic (exact) mass is 310 g/mol. The third-order valence-corrected chi connectivity index (χ3v) is 7.69. The lowest BCUT2D eigenvalue weighted by Gasteiger charge is -2.52. The largest absolute Gasteiger partial charge is 0.314 e. The fourth-order valence-corrected chi connectivity index (χ4v) is 6.12. The maximum absolute atomic E-state index is 3.73. The Kier molecular flexibility index (Phi) is 5.55. The van der Waals surface area contributed by atoms with Gasteiger partial charge in [0, 0.05) is 29.4 Å². The maximum Gasteiger partial charge on any atom is 0.0284 e. The van der Waals surface area contributed by atoms with Gasteiger partial charge in [-0.25, -0.2) is 0 Å². The summed E-state index contributed by atoms with van der Waals surface area (Å²) in [5.41, 5.74) is 0. The van der Waals surface area contributed by atoms with Gasteiger partial charge < -0.3 is 5.32 Å². The number of fused-ring (bicyclic) bond motifs is 2. The van der Waals surface area contributed by atoms with Crippen LogP contribution in [0.15, 0.2) is 0 Å². The third-order valence-electron chi connectivity index (χ3n) is 6.29. The highest BCUT2D eigenvalue weighted by atomic mass is 32.2. The Balaban J connectivity index is 1.67. The summed E-state index contributed by atoms with van der Waals surface area (Å²) in [6.45, 7) is 4.77. The summed E-state index contributed by atoms with van der Waals surface area (Å²) in [6.07, 6.45) is 16.8. The molecule has 1 saturated carbocycles. The van der Waals surface area contributed by atoms with Crippen molar-refractivity contribution in [2.75, 3.05) is 19.3 Å². The summed E-state index contributed by atoms with van der Waals surface area (Å²) in [5, 5.41) is 3.73. The van der Waals surface area contributed by atoms with Crippen LogP contribution in [0.25, 0.3) is 0 Å². The fraction of sp³-hybridized carbons (Fsp3) is 1.00. The first kappa shape index (κ1) is 16.1. The Morgan fingerprint density at radius 3 is 2.29 bits per heavy atom. The zero-order valence-corrected chi connectivity index (χ0v) is 14.9. The van der Waals surface area contributed by atoms with E-state index in [-0.39, 0.29) is 0 Å². The smallest absolute Gasteiger partial charge is 0.0284 e. The molecule has 0 amide bonds. The summed E-state index contributed by atoms with van der Waals surface area (Å²) in [6, 6.07) is 2.53. The molecule has 0 aromatic carbocycles. The summed E-state index contributed by atoms with van der Waals surface area (Å²) < 4.78 is 0.580. The number of piperidine rings is 2. The average molecular weight is 311 g/mol. The molecule has 3 aliphatic rings. The minimum atomic E-state index is 0.580. The van der Waals surface area contributed by atoms with Gasteiger partial charge in [0.2, 0.25) is 0 Å². The van der Waals surface area contributed by atoms with Gasteiger partial charge in [0.05, 0.1) is 0 Å². The van der Waals surface area contributed by atoms with Crippen LogP contribution in [0, 0.1) is 0 Å². The van der Waals surface area contributed by atoms with Crippen LogP contribution in [-0.2, 0) is 0 Å². The van der Waals surface area contributed by atoms with Crippen molar-refractivity contribution in [2.24, 2.45) is 0 Å². The van der Waals surface area contributed by atoms with Crippen molar-refractivity contribution < 1.29 is 0 Å². The van der Waals surface area contributed by atoms with Gasteiger partial charge in [0.15, 0.2) is 0 Å². The van der Waals surface area contributed by atoms with Gasteiger partial charge >= 0.3 is 0 Å². The summed E-state index contributed by atoms with van der Waals surface area (Å²) in [4.78, 5) is 2.96. The second-order valence-corrected chi connectivity index (χ2v) is 8.86. The molecule has 2 unspecified atom stereocenters. The van der Waals surface area contributed by atoms with E-state index in [0.717, 1.165) is 24.7 Å². The molecule has 3 heteroatoms. The second-order valence-electron chi connectivity index (χ2n) is 7.58. The van der Waals surface area contributed by atoms with Crippen LogP contribution in [0.5, 0.6) is 0 Å². The number of nitrogens with one attached hydrogen (secondary N) is 1. The first-order valence-electron chi connectivity index (χ1n) is 9.30. The van der Waals surface area contributed by atoms with Gasteiger partial charge in [-0.15, -0.1) is 0 Å². The average Bonchev–Trinajstić information content (AvgIpc) is 2.49. The van der Waals surface area contributed by atoms with Crippen LogP contribution in [0.1, 0.15) is 71.1 Å². The number of hydrogen-bond acceptors (Lipinski definition) is 3. The zero-order valence-electron chi connectivity index (χ0n) is 14.1. The quantitative estimate of drug-likeness (QED) is 0.825. The first-order valence-corrected chi connectivity index (χ1v) is 10.5. The van der Waals surface area contributed by atoms with E-state index in [1.165, 1.54) is 70.8 Å². The Morgan fingerprint density at radius 1 is 1.05 bits per heavy atom. The molecular weight excluding hydrogens is 276 g/mol. The zero-order chi connectivity index (χ0) is 14.7. The highest BCUT2D eigenvalue weighted by Crippen LogP contribution is 2.43. The molecule has 2 aliphatic heterocycles. The molecule has 3 fully saturated rings. The molecule has 0 spiro atoms. The van der Waals surface area contributed by atoms with E-state index in [1.54, 1.807) is 0 Å². The van der Waals surface area contributed by atoms with Crippen LogP contribution in [-0.4, -0.2) is 47.1 Å². The van der Waals surface area contributed by atoms with E-state index < -0.39 is 0 Å². The molecule has 0 radical (unpaired) electrons. The van der Waals surface area contributed by atoms with Crippen molar-refractivity contribution in [1.29, 1.82) is 0 Å². The van der Waals surface area contributed by atoms with E-state index in [2.05, 4.69) is 35.2 Å². The fourth-order valence-electron chi connectivity index (χ4n) is 5.15. The van der Waals surface area contributed by atoms with E-state index in [9.17, 15) is 0 Å². The maximum atomic E-state index is 3.73. The van der Waals surface area contributed by atoms with E-state index >= 15 is 0 Å². The second kappa shape index (κ2) is 7.23. The first-order chi connectivity index (χ1) is 10.3. The standard InChI is InChI=1S/C18H34N2S/c1-3-19-15-12-16-8-7-9-17(13-15)20(16)14-18(21-2)10-5-4-6-11-18/h15-17,19H,3-14H2,1-2H3. The molecule has 2 nitrogen and oxygen atoms in total. The molecule has 0 aromatic heterocycles. The lowest BCUT2D eigenvalue weighted by molar-refractivity contribution is 0.0135. The van der Waals surface area contributed by atoms with Crippen molar-refractivity contribution in [2.45, 2.75) is 94.0 Å². The number of nitrogens with zero attached hydrogens (tertiary/aromatic N) is 1. The number of thioether (sulfide) groups is 1. The molecule has 2 heterocycles. The molecule has 21 heavy (non-hydrogen) atoms. The summed E-state index contributed by atoms with van der Waals surface area (Å²) in [5.74, 6) is 0. The molecule has 2 atom stereocenters. The van der Waals surface area contributed by atoms with Crippen molar-refractivity contribution in [1.82, 2.24) is 10.2 Å². The summed E-state index contributed by atoms with van der Waals surface area (Å²) >= 11 is 2.18. The van der Waals surface area contributed by atoms with Crippen LogP contribution in [0.3, 0.4) is 0 Å². The number of hydrogen-bond donors (Lipinski definition) is 1. The SMILES string of the molecule is CCNC1CC2CCCC(C1)N2CC1(SC)CCCCC1. The van der Waals surface area contributed by atoms with Crippen LogP contribution < -0.4 is 5.32 Å². The highest BCUT2D eigenvalue weighted by Gasteiger charge is 2.42. The molecule has 1 aliphatic carbocycles. The molecule has 2 bridgehead atoms. The summed E-state index contributed by atoms with van der Waals surface area (Å²) in [7, 11) is 0. The predicted molar refractivity (Wildman–Crippen MR) is 94.2 cm³/mol. The molecule has 3 rings (SSSR count). The van der Waals surface area contributed by atoms with Crippen molar-refractivity contribution in [3.63, 3.8) is 0 Å². The Labute approximate surface area is 135 Å². The van der Waals surface area contributed by atoms with E-state index in [4.69, 9.17) is 0 Å². The van der Waals surface area contributed by atoms with E-state index in [0.29, 0.717) is 4.75 Å². The Hall–Kier alpha value is 0.270. The Bertz CT molecular complexity index is 313. The lowest BCUT2D eigenvalue weighted by atomic mass is 9.79. The van der Waals surface area contributed by atoms with Gasteiger partial charge in [-0.2, -0.15) is 11.8 Å². The van der Waals surface area contributed by atoms with Gasteiger partial charge in [-0.3, -0.25) is 4.90 Å². The number of rotatable bonds is 5. The predicted octanol–water partition coefficient (Wildman–Crippen LogP) is 4.05. The van der Waals surface area contributed by atoms with Crippen molar-refractivity contribution in [3.8, 4) is 0 Å². The van der Waals surface area contributed by atoms with Crippen LogP contribution >= 0.6 is 11.8 Å². The van der Waals surface area contributed by atoms with Crippen molar-refractivity contribution >= 4 is 11.8 Å². The van der Waals surface area contributed by atoms with Crippen LogP contribution in [0.4, 0.5) is 0 Å². The van der Waals surface area contributed by atoms with E-state index in [1.807, 2.05) is 0 Å². The van der Waals surface area contributed by atoms with Gasteiger partial charge in [0.1, 0.15) is 0 Å². The molecule has 0 aromatic rings. The highest BCUT2D eigenvalue weighted by molar-refractivity contribution is 8.00. The lowest BCUT2D eigenvalue weighted by Crippen LogP contribution is -2.59. The third kappa shape index (κ3) is 3.61.